The Balaban J connectivity index is 2.32. The van der Waals surface area contributed by atoms with Gasteiger partial charge in [-0.15, -0.1) is 0 Å². The summed E-state index contributed by atoms with van der Waals surface area (Å²) in [6.45, 7) is 13.2. The van der Waals surface area contributed by atoms with E-state index in [2.05, 4.69) is 10.3 Å². The molecule has 1 aliphatic rings. The summed E-state index contributed by atoms with van der Waals surface area (Å²) in [5.74, 6) is 0.402. The summed E-state index contributed by atoms with van der Waals surface area (Å²) < 4.78 is 22.6. The molecular formula is C17H27BN2O5. The summed E-state index contributed by atoms with van der Waals surface area (Å²) in [6, 6.07) is 3.34. The second-order valence-electron chi connectivity index (χ2n) is 8.00. The normalized spacial score (nSPS) is 18.8. The Morgan fingerprint density at radius 2 is 1.72 bits per heavy atom. The van der Waals surface area contributed by atoms with Crippen LogP contribution in [-0.4, -0.2) is 42.1 Å². The number of nitrogens with zero attached hydrogens (tertiary/aromatic N) is 1. The molecule has 0 atom stereocenters. The largest absolute Gasteiger partial charge is 0.516 e. The van der Waals surface area contributed by atoms with E-state index in [4.69, 9.17) is 18.8 Å². The Bertz CT molecular complexity index is 639. The average molecular weight is 350 g/mol. The van der Waals surface area contributed by atoms with Crippen LogP contribution in [0.4, 0.5) is 10.5 Å². The predicted molar refractivity (Wildman–Crippen MR) is 96.4 cm³/mol. The Morgan fingerprint density at radius 1 is 1.16 bits per heavy atom. The highest BCUT2D eigenvalue weighted by atomic mass is 16.7. The second kappa shape index (κ2) is 6.50. The van der Waals surface area contributed by atoms with E-state index in [9.17, 15) is 4.79 Å². The van der Waals surface area contributed by atoms with Gasteiger partial charge in [-0.2, -0.15) is 0 Å². The van der Waals surface area contributed by atoms with Gasteiger partial charge in [0.2, 0.25) is 5.88 Å². The minimum Gasteiger partial charge on any atom is -0.481 e. The molecule has 1 fully saturated rings. The SMILES string of the molecule is COc1ccc(NC(=O)OC(C)(C)C)c(B2OC(C)(C)C(C)(C)O2)n1. The highest BCUT2D eigenvalue weighted by Crippen LogP contribution is 2.37. The van der Waals surface area contributed by atoms with Gasteiger partial charge in [-0.1, -0.05) is 0 Å². The monoisotopic (exact) mass is 350 g/mol. The molecule has 7 nitrogen and oxygen atoms in total. The molecule has 0 spiro atoms. The number of anilines is 1. The first kappa shape index (κ1) is 19.5. The molecule has 0 bridgehead atoms. The fourth-order valence-electron chi connectivity index (χ4n) is 2.22. The standard InChI is InChI=1S/C17H27BN2O5/c1-15(2,3)23-14(21)19-11-9-10-12(22-8)20-13(11)18-24-16(4,5)17(6,7)25-18/h9-10H,1-8H3,(H,19,21). The van der Waals surface area contributed by atoms with Crippen LogP contribution >= 0.6 is 0 Å². The molecule has 1 aromatic heterocycles. The van der Waals surface area contributed by atoms with Crippen molar-refractivity contribution < 1.29 is 23.6 Å². The van der Waals surface area contributed by atoms with E-state index in [1.165, 1.54) is 7.11 Å². The molecule has 1 aromatic rings. The number of methoxy groups -OCH3 is 1. The summed E-state index contributed by atoms with van der Waals surface area (Å²) in [6.07, 6.45) is -0.572. The number of amides is 1. The molecule has 0 radical (unpaired) electrons. The van der Waals surface area contributed by atoms with Gasteiger partial charge in [0.25, 0.3) is 0 Å². The van der Waals surface area contributed by atoms with Crippen molar-refractivity contribution in [2.75, 3.05) is 12.4 Å². The number of hydrogen-bond acceptors (Lipinski definition) is 6. The van der Waals surface area contributed by atoms with Gasteiger partial charge in [-0.25, -0.2) is 9.78 Å². The molecule has 1 amide bonds. The molecule has 1 N–H and O–H groups in total. The van der Waals surface area contributed by atoms with Crippen LogP contribution in [0.2, 0.25) is 0 Å². The number of nitrogens with one attached hydrogen (secondary N) is 1. The van der Waals surface area contributed by atoms with Crippen LogP contribution in [0, 0.1) is 0 Å². The van der Waals surface area contributed by atoms with Gasteiger partial charge in [0, 0.05) is 6.07 Å². The molecule has 2 rings (SSSR count). The lowest BCUT2D eigenvalue weighted by molar-refractivity contribution is 0.00578. The summed E-state index contributed by atoms with van der Waals surface area (Å²) in [4.78, 5) is 16.5. The molecule has 1 saturated heterocycles. The zero-order chi connectivity index (χ0) is 19.0. The molecule has 0 aliphatic carbocycles. The van der Waals surface area contributed by atoms with E-state index in [0.29, 0.717) is 17.2 Å². The van der Waals surface area contributed by atoms with E-state index in [1.807, 2.05) is 27.7 Å². The fourth-order valence-corrected chi connectivity index (χ4v) is 2.22. The van der Waals surface area contributed by atoms with Gasteiger partial charge in [-0.3, -0.25) is 5.32 Å². The zero-order valence-corrected chi connectivity index (χ0v) is 16.2. The topological polar surface area (TPSA) is 78.9 Å². The van der Waals surface area contributed by atoms with Crippen LogP contribution in [0.15, 0.2) is 12.1 Å². The number of hydrogen-bond donors (Lipinski definition) is 1. The van der Waals surface area contributed by atoms with Crippen molar-refractivity contribution in [3.63, 3.8) is 0 Å². The number of carbonyl (C=O) groups excluding carboxylic acids is 1. The second-order valence-corrected chi connectivity index (χ2v) is 8.00. The van der Waals surface area contributed by atoms with Crippen molar-refractivity contribution in [2.24, 2.45) is 0 Å². The molecule has 0 unspecified atom stereocenters. The smallest absolute Gasteiger partial charge is 0.481 e. The van der Waals surface area contributed by atoms with Crippen molar-refractivity contribution in [3.8, 4) is 5.88 Å². The summed E-state index contributed by atoms with van der Waals surface area (Å²) in [5.41, 5.74) is -0.761. The zero-order valence-electron chi connectivity index (χ0n) is 16.2. The Hall–Kier alpha value is -1.80. The fraction of sp³-hybridized carbons (Fsp3) is 0.647. The van der Waals surface area contributed by atoms with E-state index >= 15 is 0 Å². The van der Waals surface area contributed by atoms with Gasteiger partial charge < -0.3 is 18.8 Å². The van der Waals surface area contributed by atoms with E-state index in [1.54, 1.807) is 32.9 Å². The highest BCUT2D eigenvalue weighted by Gasteiger charge is 2.53. The van der Waals surface area contributed by atoms with Crippen molar-refractivity contribution in [3.05, 3.63) is 12.1 Å². The third-order valence-corrected chi connectivity index (χ3v) is 4.22. The third kappa shape index (κ3) is 4.44. The van der Waals surface area contributed by atoms with Gasteiger partial charge in [0.1, 0.15) is 5.60 Å². The molecule has 1 aliphatic heterocycles. The predicted octanol–water partition coefficient (Wildman–Crippen LogP) is 2.74. The Morgan fingerprint density at radius 3 is 2.20 bits per heavy atom. The number of rotatable bonds is 3. The summed E-state index contributed by atoms with van der Waals surface area (Å²) >= 11 is 0. The molecule has 2 heterocycles. The minimum atomic E-state index is -0.731. The van der Waals surface area contributed by atoms with Crippen molar-refractivity contribution >= 4 is 24.5 Å². The first-order chi connectivity index (χ1) is 11.3. The first-order valence-corrected chi connectivity index (χ1v) is 8.25. The molecule has 0 aromatic carbocycles. The maximum absolute atomic E-state index is 12.1. The van der Waals surface area contributed by atoms with Crippen molar-refractivity contribution in [1.82, 2.24) is 4.98 Å². The van der Waals surface area contributed by atoms with Crippen LogP contribution in [0.5, 0.6) is 5.88 Å². The number of aromatic nitrogens is 1. The van der Waals surface area contributed by atoms with Gasteiger partial charge >= 0.3 is 13.2 Å². The number of ether oxygens (including phenoxy) is 2. The average Bonchev–Trinajstić information content (AvgIpc) is 2.65. The molecular weight excluding hydrogens is 323 g/mol. The van der Waals surface area contributed by atoms with Crippen LogP contribution in [0.25, 0.3) is 0 Å². The third-order valence-electron chi connectivity index (χ3n) is 4.22. The van der Waals surface area contributed by atoms with Crippen LogP contribution < -0.4 is 15.6 Å². The maximum atomic E-state index is 12.1. The first-order valence-electron chi connectivity index (χ1n) is 8.25. The minimum absolute atomic E-state index is 0.402. The molecule has 25 heavy (non-hydrogen) atoms. The molecule has 0 saturated carbocycles. The quantitative estimate of drug-likeness (QED) is 0.845. The highest BCUT2D eigenvalue weighted by molar-refractivity contribution is 6.63. The van der Waals surface area contributed by atoms with Crippen molar-refractivity contribution in [1.29, 1.82) is 0 Å². The maximum Gasteiger partial charge on any atom is 0.516 e. The number of pyridine rings is 1. The summed E-state index contributed by atoms with van der Waals surface area (Å²) in [7, 11) is 0.794. The van der Waals surface area contributed by atoms with Crippen molar-refractivity contribution in [2.45, 2.75) is 65.3 Å². The summed E-state index contributed by atoms with van der Waals surface area (Å²) in [5, 5.41) is 2.71. The van der Waals surface area contributed by atoms with Gasteiger partial charge in [-0.05, 0) is 54.5 Å². The Labute approximate surface area is 149 Å². The van der Waals surface area contributed by atoms with Gasteiger partial charge in [0.15, 0.2) is 0 Å². The van der Waals surface area contributed by atoms with E-state index < -0.39 is 30.0 Å². The van der Waals surface area contributed by atoms with Gasteiger partial charge in [0.05, 0.1) is 29.6 Å². The lowest BCUT2D eigenvalue weighted by atomic mass is 9.82. The van der Waals surface area contributed by atoms with Crippen LogP contribution in [0.3, 0.4) is 0 Å². The lowest BCUT2D eigenvalue weighted by Crippen LogP contribution is -2.41. The molecule has 138 valence electrons. The number of carbonyl (C=O) groups is 1. The Kier molecular flexibility index (Phi) is 5.07. The van der Waals surface area contributed by atoms with Crippen LogP contribution in [0.1, 0.15) is 48.5 Å². The van der Waals surface area contributed by atoms with E-state index in [0.717, 1.165) is 0 Å². The lowest BCUT2D eigenvalue weighted by Gasteiger charge is -2.32. The molecule has 8 heteroatoms. The van der Waals surface area contributed by atoms with E-state index in [-0.39, 0.29) is 0 Å². The van der Waals surface area contributed by atoms with Crippen LogP contribution in [-0.2, 0) is 14.0 Å².